The van der Waals surface area contributed by atoms with Crippen LogP contribution in [-0.2, 0) is 0 Å². The Morgan fingerprint density at radius 1 is 1.29 bits per heavy atom. The third-order valence-corrected chi connectivity index (χ3v) is 6.20. The fourth-order valence-electron chi connectivity index (χ4n) is 2.99. The number of aromatic hydroxyl groups is 1. The standard InChI is InChI=1S/C14H16N4OS2/c1-9-4-7-20-11(9)10(17-5-2-3-6-17)12-13(19)18-14(21-12)15-8-16-18/h4,7-8,10,19H,2-3,5-6H2,1H3. The summed E-state index contributed by atoms with van der Waals surface area (Å²) in [6, 6.07) is 2.28. The van der Waals surface area contributed by atoms with Crippen molar-refractivity contribution in [1.29, 1.82) is 0 Å². The van der Waals surface area contributed by atoms with Crippen LogP contribution in [-0.4, -0.2) is 37.7 Å². The second-order valence-electron chi connectivity index (χ2n) is 5.36. The van der Waals surface area contributed by atoms with Crippen molar-refractivity contribution in [2.45, 2.75) is 25.8 Å². The number of rotatable bonds is 3. The number of nitrogens with zero attached hydrogens (tertiary/aromatic N) is 4. The summed E-state index contributed by atoms with van der Waals surface area (Å²) in [5, 5.41) is 16.8. The summed E-state index contributed by atoms with van der Waals surface area (Å²) in [5.41, 5.74) is 1.29. The van der Waals surface area contributed by atoms with Gasteiger partial charge in [-0.25, -0.2) is 4.98 Å². The van der Waals surface area contributed by atoms with Crippen LogP contribution in [0.3, 0.4) is 0 Å². The third kappa shape index (κ3) is 2.07. The van der Waals surface area contributed by atoms with Crippen molar-refractivity contribution in [3.63, 3.8) is 0 Å². The number of thiophene rings is 1. The van der Waals surface area contributed by atoms with Gasteiger partial charge in [-0.15, -0.1) is 11.3 Å². The van der Waals surface area contributed by atoms with Crippen molar-refractivity contribution in [2.24, 2.45) is 0 Å². The maximum atomic E-state index is 10.5. The minimum atomic E-state index is 0.126. The monoisotopic (exact) mass is 320 g/mol. The van der Waals surface area contributed by atoms with E-state index in [2.05, 4.69) is 33.4 Å². The Morgan fingerprint density at radius 3 is 2.76 bits per heavy atom. The third-order valence-electron chi connectivity index (χ3n) is 4.04. The molecule has 1 saturated heterocycles. The molecule has 0 aliphatic carbocycles. The van der Waals surface area contributed by atoms with Crippen molar-refractivity contribution in [3.8, 4) is 5.88 Å². The average Bonchev–Trinajstić information content (AvgIpc) is 3.20. The van der Waals surface area contributed by atoms with Gasteiger partial charge in [-0.3, -0.25) is 4.90 Å². The van der Waals surface area contributed by atoms with E-state index in [1.54, 1.807) is 11.3 Å². The smallest absolute Gasteiger partial charge is 0.230 e. The lowest BCUT2D eigenvalue weighted by molar-refractivity contribution is 0.279. The molecule has 3 aromatic rings. The Hall–Kier alpha value is -1.44. The highest BCUT2D eigenvalue weighted by molar-refractivity contribution is 7.17. The largest absolute Gasteiger partial charge is 0.492 e. The van der Waals surface area contributed by atoms with E-state index < -0.39 is 0 Å². The Bertz CT molecular complexity index is 769. The van der Waals surface area contributed by atoms with Crippen LogP contribution in [0.1, 0.15) is 34.2 Å². The molecule has 5 nitrogen and oxygen atoms in total. The molecule has 1 aliphatic rings. The molecular weight excluding hydrogens is 304 g/mol. The molecule has 110 valence electrons. The average molecular weight is 320 g/mol. The molecule has 0 saturated carbocycles. The van der Waals surface area contributed by atoms with E-state index >= 15 is 0 Å². The highest BCUT2D eigenvalue weighted by Crippen LogP contribution is 2.43. The summed E-state index contributed by atoms with van der Waals surface area (Å²) in [6.07, 6.45) is 3.93. The van der Waals surface area contributed by atoms with Gasteiger partial charge in [0.1, 0.15) is 6.33 Å². The molecule has 1 unspecified atom stereocenters. The first-order chi connectivity index (χ1) is 10.3. The Labute approximate surface area is 130 Å². The van der Waals surface area contributed by atoms with Gasteiger partial charge in [0.15, 0.2) is 0 Å². The zero-order valence-corrected chi connectivity index (χ0v) is 13.3. The van der Waals surface area contributed by atoms with Crippen LogP contribution in [0, 0.1) is 6.92 Å². The first-order valence-electron chi connectivity index (χ1n) is 7.05. The number of hydrogen-bond donors (Lipinski definition) is 1. The van der Waals surface area contributed by atoms with Crippen molar-refractivity contribution < 1.29 is 5.11 Å². The molecule has 0 aromatic carbocycles. The SMILES string of the molecule is Cc1ccsc1C(c1sc2ncnn2c1O)N1CCCC1. The molecule has 1 fully saturated rings. The van der Waals surface area contributed by atoms with Gasteiger partial charge < -0.3 is 5.11 Å². The van der Waals surface area contributed by atoms with Crippen LogP contribution in [0.25, 0.3) is 4.96 Å². The molecule has 0 amide bonds. The molecule has 4 rings (SSSR count). The lowest BCUT2D eigenvalue weighted by atomic mass is 10.1. The summed E-state index contributed by atoms with van der Waals surface area (Å²) in [6.45, 7) is 4.30. The predicted octanol–water partition coefficient (Wildman–Crippen LogP) is 3.05. The summed E-state index contributed by atoms with van der Waals surface area (Å²) < 4.78 is 1.53. The Morgan fingerprint density at radius 2 is 2.10 bits per heavy atom. The first-order valence-corrected chi connectivity index (χ1v) is 8.75. The lowest BCUT2D eigenvalue weighted by Gasteiger charge is -2.26. The molecular formula is C14H16N4OS2. The van der Waals surface area contributed by atoms with Gasteiger partial charge in [-0.2, -0.15) is 9.61 Å². The summed E-state index contributed by atoms with van der Waals surface area (Å²) in [5.74, 6) is 0.234. The molecule has 21 heavy (non-hydrogen) atoms. The second kappa shape index (κ2) is 5.08. The molecule has 1 N–H and O–H groups in total. The number of hydrogen-bond acceptors (Lipinski definition) is 6. The van der Waals surface area contributed by atoms with Crippen LogP contribution >= 0.6 is 22.7 Å². The molecule has 3 aromatic heterocycles. The van der Waals surface area contributed by atoms with Gasteiger partial charge in [0.05, 0.1) is 10.9 Å². The maximum absolute atomic E-state index is 10.5. The van der Waals surface area contributed by atoms with Crippen LogP contribution in [0.5, 0.6) is 5.88 Å². The maximum Gasteiger partial charge on any atom is 0.230 e. The van der Waals surface area contributed by atoms with Crippen LogP contribution in [0.2, 0.25) is 0 Å². The number of aryl methyl sites for hydroxylation is 1. The van der Waals surface area contributed by atoms with E-state index in [0.29, 0.717) is 0 Å². The topological polar surface area (TPSA) is 53.7 Å². The fourth-order valence-corrected chi connectivity index (χ4v) is 5.20. The van der Waals surface area contributed by atoms with Gasteiger partial charge in [0, 0.05) is 4.88 Å². The fraction of sp³-hybridized carbons (Fsp3) is 0.429. The van der Waals surface area contributed by atoms with Crippen molar-refractivity contribution in [3.05, 3.63) is 33.1 Å². The predicted molar refractivity (Wildman–Crippen MR) is 84.2 cm³/mol. The zero-order chi connectivity index (χ0) is 14.4. The van der Waals surface area contributed by atoms with Gasteiger partial charge >= 0.3 is 0 Å². The number of thiazole rings is 1. The van der Waals surface area contributed by atoms with Gasteiger partial charge in [-0.05, 0) is 49.9 Å². The van der Waals surface area contributed by atoms with Crippen molar-refractivity contribution >= 4 is 27.6 Å². The van der Waals surface area contributed by atoms with Crippen LogP contribution < -0.4 is 0 Å². The normalized spacial score (nSPS) is 17.8. The number of fused-ring (bicyclic) bond motifs is 1. The van der Waals surface area contributed by atoms with Crippen LogP contribution in [0.15, 0.2) is 17.8 Å². The minimum absolute atomic E-state index is 0.126. The van der Waals surface area contributed by atoms with E-state index in [-0.39, 0.29) is 11.9 Å². The molecule has 4 heterocycles. The van der Waals surface area contributed by atoms with Gasteiger partial charge in [0.2, 0.25) is 10.8 Å². The van der Waals surface area contributed by atoms with E-state index in [1.165, 1.54) is 45.5 Å². The molecule has 0 radical (unpaired) electrons. The second-order valence-corrected chi connectivity index (χ2v) is 7.31. The number of likely N-dealkylation sites (tertiary alicyclic amines) is 1. The highest BCUT2D eigenvalue weighted by atomic mass is 32.1. The lowest BCUT2D eigenvalue weighted by Crippen LogP contribution is -2.25. The van der Waals surface area contributed by atoms with E-state index in [0.717, 1.165) is 22.9 Å². The summed E-state index contributed by atoms with van der Waals surface area (Å²) in [7, 11) is 0. The van der Waals surface area contributed by atoms with Gasteiger partial charge in [0.25, 0.3) is 0 Å². The zero-order valence-electron chi connectivity index (χ0n) is 11.7. The summed E-state index contributed by atoms with van der Waals surface area (Å²) in [4.78, 5) is 9.69. The molecule has 7 heteroatoms. The van der Waals surface area contributed by atoms with Gasteiger partial charge in [-0.1, -0.05) is 11.3 Å². The Kier molecular flexibility index (Phi) is 3.20. The molecule has 1 atom stereocenters. The summed E-state index contributed by atoms with van der Waals surface area (Å²) >= 11 is 3.30. The van der Waals surface area contributed by atoms with E-state index in [1.807, 2.05) is 0 Å². The quantitative estimate of drug-likeness (QED) is 0.806. The number of aromatic nitrogens is 3. The highest BCUT2D eigenvalue weighted by Gasteiger charge is 2.32. The minimum Gasteiger partial charge on any atom is -0.492 e. The van der Waals surface area contributed by atoms with Crippen LogP contribution in [0.4, 0.5) is 0 Å². The molecule has 0 spiro atoms. The molecule has 1 aliphatic heterocycles. The van der Waals surface area contributed by atoms with Crippen molar-refractivity contribution in [1.82, 2.24) is 19.5 Å². The Balaban J connectivity index is 1.87. The van der Waals surface area contributed by atoms with E-state index in [9.17, 15) is 5.11 Å². The molecule has 0 bridgehead atoms. The first kappa shape index (κ1) is 13.2. The van der Waals surface area contributed by atoms with Crippen molar-refractivity contribution in [2.75, 3.05) is 13.1 Å². The van der Waals surface area contributed by atoms with E-state index in [4.69, 9.17) is 0 Å².